The van der Waals surface area contributed by atoms with Crippen molar-refractivity contribution in [3.63, 3.8) is 0 Å². The van der Waals surface area contributed by atoms with Crippen molar-refractivity contribution in [3.8, 4) is 11.1 Å². The monoisotopic (exact) mass is 382 g/mol. The topological polar surface area (TPSA) is 0 Å². The first-order valence-electron chi connectivity index (χ1n) is 9.64. The van der Waals surface area contributed by atoms with Crippen LogP contribution in [0.3, 0.4) is 0 Å². The molecule has 1 atom stereocenters. The minimum atomic E-state index is -1.86. The molecule has 0 fully saturated rings. The Morgan fingerprint density at radius 3 is 2.08 bits per heavy atom. The number of rotatable bonds is 3. The Hall–Kier alpha value is -1.31. The Labute approximate surface area is 165 Å². The number of hydrogen-bond acceptors (Lipinski definition) is 0. The maximum absolute atomic E-state index is 6.97. The van der Waals surface area contributed by atoms with Gasteiger partial charge in [-0.2, -0.15) is 11.1 Å². The van der Waals surface area contributed by atoms with E-state index in [1.165, 1.54) is 33.4 Å². The zero-order chi connectivity index (χ0) is 19.3. The third-order valence-corrected chi connectivity index (χ3v) is 8.18. The molecule has 2 aromatic rings. The van der Waals surface area contributed by atoms with Gasteiger partial charge in [0.15, 0.2) is 7.38 Å². The molecule has 26 heavy (non-hydrogen) atoms. The van der Waals surface area contributed by atoms with Crippen LogP contribution in [0.5, 0.6) is 0 Å². The summed E-state index contributed by atoms with van der Waals surface area (Å²) in [4.78, 5) is 0. The molecule has 1 aliphatic carbocycles. The molecular weight excluding hydrogens is 352 g/mol. The zero-order valence-corrected chi connectivity index (χ0v) is 18.9. The van der Waals surface area contributed by atoms with E-state index in [0.717, 1.165) is 0 Å². The zero-order valence-electron chi connectivity index (χ0n) is 17.2. The first kappa shape index (κ1) is 19.4. The molecule has 1 unspecified atom stereocenters. The summed E-state index contributed by atoms with van der Waals surface area (Å²) < 4.78 is 0. The molecule has 1 aliphatic rings. The van der Waals surface area contributed by atoms with E-state index in [9.17, 15) is 0 Å². The van der Waals surface area contributed by atoms with E-state index in [1.54, 1.807) is 0 Å². The first-order valence-corrected chi connectivity index (χ1v) is 13.7. The van der Waals surface area contributed by atoms with Crippen LogP contribution >= 0.6 is 11.1 Å². The van der Waals surface area contributed by atoms with Crippen LogP contribution in [0.25, 0.3) is 17.2 Å². The lowest BCUT2D eigenvalue weighted by molar-refractivity contribution is 0.590. The molecule has 0 amide bonds. The molecule has 0 spiro atoms. The van der Waals surface area contributed by atoms with Gasteiger partial charge in [0.2, 0.25) is 0 Å². The van der Waals surface area contributed by atoms with Gasteiger partial charge >= 0.3 is 0 Å². The Bertz CT molecular complexity index is 830. The molecule has 3 rings (SSSR count). The highest BCUT2D eigenvalue weighted by molar-refractivity contribution is 7.20. The third-order valence-electron chi connectivity index (χ3n) is 5.51. The summed E-state index contributed by atoms with van der Waals surface area (Å²) in [5.41, 5.74) is 8.91. The van der Waals surface area contributed by atoms with Gasteiger partial charge in [-0.1, -0.05) is 102 Å². The van der Waals surface area contributed by atoms with Crippen molar-refractivity contribution in [3.05, 3.63) is 64.7 Å². The fraction of sp³-hybridized carbons (Fsp3) is 0.417. The first-order chi connectivity index (χ1) is 12.0. The summed E-state index contributed by atoms with van der Waals surface area (Å²) >= 11 is 6.97. The molecule has 0 radical (unpaired) electrons. The van der Waals surface area contributed by atoms with E-state index >= 15 is 0 Å². The SMILES string of the molecule is CC(C)C1=Cc2c(-c3ccc(C(C)(C)C)cc3)cccc2C1[Si](C)(C)Cl. The fourth-order valence-electron chi connectivity index (χ4n) is 4.09. The van der Waals surface area contributed by atoms with Crippen LogP contribution < -0.4 is 0 Å². The highest BCUT2D eigenvalue weighted by Crippen LogP contribution is 2.49. The Balaban J connectivity index is 2.12. The average molecular weight is 383 g/mol. The molecule has 0 saturated carbocycles. The number of hydrogen-bond donors (Lipinski definition) is 0. The summed E-state index contributed by atoms with van der Waals surface area (Å²) in [5, 5.41) is 0. The van der Waals surface area contributed by atoms with E-state index < -0.39 is 7.38 Å². The van der Waals surface area contributed by atoms with Crippen LogP contribution in [-0.2, 0) is 5.41 Å². The Kier molecular flexibility index (Phi) is 5.00. The van der Waals surface area contributed by atoms with E-state index in [2.05, 4.69) is 96.3 Å². The number of fused-ring (bicyclic) bond motifs is 1. The minimum Gasteiger partial charge on any atom is -0.167 e. The van der Waals surface area contributed by atoms with Crippen molar-refractivity contribution in [2.75, 3.05) is 0 Å². The summed E-state index contributed by atoms with van der Waals surface area (Å²) in [6.07, 6.45) is 2.43. The van der Waals surface area contributed by atoms with Crippen LogP contribution in [0.15, 0.2) is 48.0 Å². The number of benzene rings is 2. The maximum Gasteiger partial charge on any atom is 0.161 e. The standard InChI is InChI=1S/C24H31ClSi/c1-16(2)21-15-22-19(9-8-10-20(22)23(21)26(6,7)25)17-11-13-18(14-12-17)24(3,4)5/h8-16,23H,1-7H3. The largest absolute Gasteiger partial charge is 0.167 e. The van der Waals surface area contributed by atoms with Crippen molar-refractivity contribution >= 4 is 24.5 Å². The molecule has 2 aromatic carbocycles. The van der Waals surface area contributed by atoms with Gasteiger partial charge in [-0.25, -0.2) is 0 Å². The molecule has 0 aromatic heterocycles. The van der Waals surface area contributed by atoms with E-state index in [-0.39, 0.29) is 5.41 Å². The highest BCUT2D eigenvalue weighted by Gasteiger charge is 2.40. The molecule has 0 N–H and O–H groups in total. The second-order valence-electron chi connectivity index (χ2n) is 9.43. The van der Waals surface area contributed by atoms with Crippen molar-refractivity contribution in [1.82, 2.24) is 0 Å². The van der Waals surface area contributed by atoms with Gasteiger partial charge in [-0.3, -0.25) is 0 Å². The van der Waals surface area contributed by atoms with E-state index in [0.29, 0.717) is 11.5 Å². The van der Waals surface area contributed by atoms with Crippen LogP contribution in [-0.4, -0.2) is 7.38 Å². The van der Waals surface area contributed by atoms with Crippen LogP contribution in [0.2, 0.25) is 13.1 Å². The fourth-order valence-corrected chi connectivity index (χ4v) is 7.02. The lowest BCUT2D eigenvalue weighted by atomic mass is 9.86. The normalized spacial score (nSPS) is 17.4. The molecule has 0 nitrogen and oxygen atoms in total. The van der Waals surface area contributed by atoms with Crippen molar-refractivity contribution in [2.45, 2.75) is 58.7 Å². The molecule has 0 heterocycles. The van der Waals surface area contributed by atoms with E-state index in [4.69, 9.17) is 11.1 Å². The Morgan fingerprint density at radius 1 is 0.962 bits per heavy atom. The van der Waals surface area contributed by atoms with E-state index in [1.807, 2.05) is 0 Å². The van der Waals surface area contributed by atoms with Crippen LogP contribution in [0, 0.1) is 5.92 Å². The lowest BCUT2D eigenvalue weighted by Crippen LogP contribution is -2.30. The van der Waals surface area contributed by atoms with Crippen molar-refractivity contribution < 1.29 is 0 Å². The lowest BCUT2D eigenvalue weighted by Gasteiger charge is -2.28. The van der Waals surface area contributed by atoms with Crippen LogP contribution in [0.1, 0.15) is 56.9 Å². The summed E-state index contributed by atoms with van der Waals surface area (Å²) in [7, 11) is -1.86. The highest BCUT2D eigenvalue weighted by atomic mass is 35.6. The van der Waals surface area contributed by atoms with Gasteiger partial charge in [-0.05, 0) is 39.2 Å². The average Bonchev–Trinajstić information content (AvgIpc) is 2.94. The Morgan fingerprint density at radius 2 is 1.58 bits per heavy atom. The summed E-state index contributed by atoms with van der Waals surface area (Å²) in [5.74, 6) is 0.522. The quantitative estimate of drug-likeness (QED) is 0.375. The predicted molar refractivity (Wildman–Crippen MR) is 119 cm³/mol. The van der Waals surface area contributed by atoms with Gasteiger partial charge in [0.25, 0.3) is 0 Å². The van der Waals surface area contributed by atoms with Gasteiger partial charge in [0.1, 0.15) is 0 Å². The van der Waals surface area contributed by atoms with Crippen LogP contribution in [0.4, 0.5) is 0 Å². The van der Waals surface area contributed by atoms with Crippen molar-refractivity contribution in [1.29, 1.82) is 0 Å². The second kappa shape index (κ2) is 6.69. The number of allylic oxidation sites excluding steroid dienone is 1. The maximum atomic E-state index is 6.97. The van der Waals surface area contributed by atoms with Crippen molar-refractivity contribution in [2.24, 2.45) is 5.92 Å². The third kappa shape index (κ3) is 3.57. The smallest absolute Gasteiger partial charge is 0.161 e. The molecule has 0 bridgehead atoms. The summed E-state index contributed by atoms with van der Waals surface area (Å²) in [6.45, 7) is 15.9. The van der Waals surface area contributed by atoms with Gasteiger partial charge < -0.3 is 0 Å². The predicted octanol–water partition coefficient (Wildman–Crippen LogP) is 7.77. The molecule has 138 valence electrons. The van der Waals surface area contributed by atoms with Gasteiger partial charge in [0.05, 0.1) is 0 Å². The molecule has 0 saturated heterocycles. The van der Waals surface area contributed by atoms with Gasteiger partial charge in [0, 0.05) is 5.54 Å². The second-order valence-corrected chi connectivity index (χ2v) is 16.1. The molecule has 2 heteroatoms. The molecular formula is C24H31ClSi. The number of halogens is 1. The van der Waals surface area contributed by atoms with Gasteiger partial charge in [-0.15, -0.1) is 0 Å². The minimum absolute atomic E-state index is 0.182. The summed E-state index contributed by atoms with van der Waals surface area (Å²) in [6, 6.07) is 15.8. The molecule has 0 aliphatic heterocycles.